The fourth-order valence-electron chi connectivity index (χ4n) is 2.67. The number of amides is 1. The van der Waals surface area contributed by atoms with Crippen LogP contribution in [-0.4, -0.2) is 37.1 Å². The molecule has 1 amide bonds. The fraction of sp³-hybridized carbons (Fsp3) is 0.750. The summed E-state index contributed by atoms with van der Waals surface area (Å²) in [5, 5.41) is 6.24. The highest BCUT2D eigenvalue weighted by atomic mass is 35.5. The lowest BCUT2D eigenvalue weighted by Gasteiger charge is -2.12. The van der Waals surface area contributed by atoms with Gasteiger partial charge in [-0.2, -0.15) is 0 Å². The third kappa shape index (κ3) is 8.51. The Morgan fingerprint density at radius 1 is 1.21 bits per heavy atom. The van der Waals surface area contributed by atoms with Gasteiger partial charge >= 0.3 is 0 Å². The highest BCUT2D eigenvalue weighted by molar-refractivity contribution is 7.13. The zero-order valence-electron chi connectivity index (χ0n) is 14.2. The number of aromatic nitrogens is 1. The second-order valence-corrected chi connectivity index (χ2v) is 6.70. The van der Waals surface area contributed by atoms with E-state index < -0.39 is 0 Å². The van der Waals surface area contributed by atoms with E-state index in [4.69, 9.17) is 5.73 Å². The number of halogens is 2. The van der Waals surface area contributed by atoms with Crippen molar-refractivity contribution in [3.05, 3.63) is 11.1 Å². The molecule has 0 spiro atoms. The van der Waals surface area contributed by atoms with Crippen molar-refractivity contribution in [1.82, 2.24) is 10.3 Å². The first-order valence-electron chi connectivity index (χ1n) is 8.45. The van der Waals surface area contributed by atoms with E-state index in [1.807, 2.05) is 0 Å². The summed E-state index contributed by atoms with van der Waals surface area (Å²) in [5.41, 5.74) is 6.54. The van der Waals surface area contributed by atoms with Crippen LogP contribution in [0.3, 0.4) is 0 Å². The van der Waals surface area contributed by atoms with Crippen molar-refractivity contribution in [2.45, 2.75) is 51.4 Å². The molecule has 3 N–H and O–H groups in total. The molecule has 0 bridgehead atoms. The van der Waals surface area contributed by atoms with E-state index in [0.717, 1.165) is 62.6 Å². The summed E-state index contributed by atoms with van der Waals surface area (Å²) in [6, 6.07) is 0. The minimum Gasteiger partial charge on any atom is -0.356 e. The number of thiazole rings is 1. The molecule has 0 saturated carbocycles. The van der Waals surface area contributed by atoms with Crippen LogP contribution in [0.25, 0.3) is 0 Å². The Morgan fingerprint density at radius 2 is 1.92 bits per heavy atom. The monoisotopic (exact) mass is 396 g/mol. The molecule has 5 nitrogen and oxygen atoms in total. The largest absolute Gasteiger partial charge is 0.356 e. The number of unbranched alkanes of at least 4 members (excludes halogenated alkanes) is 3. The lowest BCUT2D eigenvalue weighted by molar-refractivity contribution is -0.121. The summed E-state index contributed by atoms with van der Waals surface area (Å²) in [6.45, 7) is 3.70. The van der Waals surface area contributed by atoms with Crippen LogP contribution >= 0.6 is 36.2 Å². The van der Waals surface area contributed by atoms with Crippen LogP contribution in [0.15, 0.2) is 5.38 Å². The fourth-order valence-corrected chi connectivity index (χ4v) is 3.58. The zero-order chi connectivity index (χ0) is 15.6. The molecule has 24 heavy (non-hydrogen) atoms. The topological polar surface area (TPSA) is 71.2 Å². The molecule has 2 heterocycles. The Bertz CT molecular complexity index is 453. The van der Waals surface area contributed by atoms with E-state index >= 15 is 0 Å². The normalized spacial score (nSPS) is 13.3. The molecule has 1 fully saturated rings. The van der Waals surface area contributed by atoms with Crippen molar-refractivity contribution in [3.63, 3.8) is 0 Å². The third-order valence-electron chi connectivity index (χ3n) is 3.98. The minimum absolute atomic E-state index is 0. The summed E-state index contributed by atoms with van der Waals surface area (Å²) >= 11 is 1.72. The summed E-state index contributed by atoms with van der Waals surface area (Å²) in [6.07, 6.45) is 8.24. The van der Waals surface area contributed by atoms with Gasteiger partial charge in [-0.3, -0.25) is 4.79 Å². The highest BCUT2D eigenvalue weighted by Crippen LogP contribution is 2.24. The maximum absolute atomic E-state index is 11.7. The van der Waals surface area contributed by atoms with Crippen molar-refractivity contribution >= 4 is 47.2 Å². The molecule has 0 aromatic carbocycles. The van der Waals surface area contributed by atoms with Crippen molar-refractivity contribution in [2.24, 2.45) is 5.73 Å². The third-order valence-corrected chi connectivity index (χ3v) is 4.93. The number of rotatable bonds is 10. The molecule has 0 aliphatic carbocycles. The number of carbonyl (C=O) groups is 1. The quantitative estimate of drug-likeness (QED) is 0.595. The minimum atomic E-state index is 0. The molecule has 2 rings (SSSR count). The first-order chi connectivity index (χ1) is 10.8. The summed E-state index contributed by atoms with van der Waals surface area (Å²) < 4.78 is 0. The lowest BCUT2D eigenvalue weighted by atomic mass is 10.1. The van der Waals surface area contributed by atoms with Crippen LogP contribution < -0.4 is 16.0 Å². The molecule has 0 radical (unpaired) electrons. The number of nitrogens with zero attached hydrogens (tertiary/aromatic N) is 2. The Morgan fingerprint density at radius 3 is 2.62 bits per heavy atom. The van der Waals surface area contributed by atoms with Crippen LogP contribution in [-0.2, 0) is 11.2 Å². The van der Waals surface area contributed by atoms with Gasteiger partial charge in [0, 0.05) is 37.9 Å². The van der Waals surface area contributed by atoms with Gasteiger partial charge in [0.15, 0.2) is 5.13 Å². The van der Waals surface area contributed by atoms with Gasteiger partial charge in [0.1, 0.15) is 0 Å². The van der Waals surface area contributed by atoms with Crippen molar-refractivity contribution in [3.8, 4) is 0 Å². The van der Waals surface area contributed by atoms with Gasteiger partial charge in [-0.1, -0.05) is 12.8 Å². The second-order valence-electron chi connectivity index (χ2n) is 5.87. The van der Waals surface area contributed by atoms with Crippen molar-refractivity contribution < 1.29 is 4.79 Å². The predicted octanol–water partition coefficient (Wildman–Crippen LogP) is 3.15. The van der Waals surface area contributed by atoms with Gasteiger partial charge in [0.05, 0.1) is 5.69 Å². The SMILES string of the molecule is Cl.Cl.NCCCCCCC(=O)NCCc1csc(N2CCCC2)n1. The van der Waals surface area contributed by atoms with E-state index in [1.165, 1.54) is 12.8 Å². The van der Waals surface area contributed by atoms with Gasteiger partial charge in [-0.05, 0) is 32.2 Å². The second kappa shape index (κ2) is 13.7. The van der Waals surface area contributed by atoms with E-state index in [0.29, 0.717) is 13.0 Å². The summed E-state index contributed by atoms with van der Waals surface area (Å²) in [4.78, 5) is 18.7. The summed E-state index contributed by atoms with van der Waals surface area (Å²) in [7, 11) is 0. The number of anilines is 1. The molecule has 1 aromatic heterocycles. The molecule has 1 aliphatic heterocycles. The molecular weight excluding hydrogens is 367 g/mol. The van der Waals surface area contributed by atoms with Crippen molar-refractivity contribution in [2.75, 3.05) is 31.1 Å². The molecule has 140 valence electrons. The molecular formula is C16H30Cl2N4OS. The predicted molar refractivity (Wildman–Crippen MR) is 107 cm³/mol. The number of nitrogens with two attached hydrogens (primary N) is 1. The smallest absolute Gasteiger partial charge is 0.220 e. The van der Waals surface area contributed by atoms with E-state index in [2.05, 4.69) is 20.6 Å². The van der Waals surface area contributed by atoms with Crippen LogP contribution in [0, 0.1) is 0 Å². The molecule has 0 atom stereocenters. The number of hydrogen-bond acceptors (Lipinski definition) is 5. The average Bonchev–Trinajstić information content (AvgIpc) is 3.18. The number of nitrogens with one attached hydrogen (secondary N) is 1. The standard InChI is InChI=1S/C16H28N4OS.2ClH/c17-9-4-2-1-3-7-15(21)18-10-8-14-13-22-16(19-14)20-11-5-6-12-20;;/h13H,1-12,17H2,(H,18,21);2*1H. The maximum atomic E-state index is 11.7. The van der Waals surface area contributed by atoms with Gasteiger partial charge in [-0.25, -0.2) is 4.98 Å². The van der Waals surface area contributed by atoms with Crippen molar-refractivity contribution in [1.29, 1.82) is 0 Å². The first-order valence-corrected chi connectivity index (χ1v) is 9.33. The van der Waals surface area contributed by atoms with Gasteiger partial charge in [-0.15, -0.1) is 36.2 Å². The van der Waals surface area contributed by atoms with Crippen LogP contribution in [0.5, 0.6) is 0 Å². The summed E-state index contributed by atoms with van der Waals surface area (Å²) in [5.74, 6) is 0.155. The Kier molecular flexibility index (Phi) is 13.4. The van der Waals surface area contributed by atoms with Crippen LogP contribution in [0.4, 0.5) is 5.13 Å². The Hall–Kier alpha value is -0.560. The van der Waals surface area contributed by atoms with Gasteiger partial charge in [0.25, 0.3) is 0 Å². The molecule has 0 unspecified atom stereocenters. The molecule has 8 heteroatoms. The molecule has 1 saturated heterocycles. The van der Waals surface area contributed by atoms with Crippen LogP contribution in [0.1, 0.15) is 50.6 Å². The molecule has 1 aliphatic rings. The maximum Gasteiger partial charge on any atom is 0.220 e. The van der Waals surface area contributed by atoms with Gasteiger partial charge < -0.3 is 16.0 Å². The van der Waals surface area contributed by atoms with Gasteiger partial charge in [0.2, 0.25) is 5.91 Å². The van der Waals surface area contributed by atoms with Crippen LogP contribution in [0.2, 0.25) is 0 Å². The highest BCUT2D eigenvalue weighted by Gasteiger charge is 2.15. The number of hydrogen-bond donors (Lipinski definition) is 2. The number of carbonyl (C=O) groups excluding carboxylic acids is 1. The average molecular weight is 397 g/mol. The lowest BCUT2D eigenvalue weighted by Crippen LogP contribution is -2.25. The van der Waals surface area contributed by atoms with E-state index in [-0.39, 0.29) is 30.7 Å². The zero-order valence-corrected chi connectivity index (χ0v) is 16.6. The first kappa shape index (κ1) is 23.4. The molecule has 1 aromatic rings. The van der Waals surface area contributed by atoms with E-state index in [9.17, 15) is 4.79 Å². The Balaban J connectivity index is 0.00000264. The van der Waals surface area contributed by atoms with E-state index in [1.54, 1.807) is 11.3 Å². The Labute approximate surface area is 161 Å².